The highest BCUT2D eigenvalue weighted by atomic mass is 19.1. The van der Waals surface area contributed by atoms with Crippen molar-refractivity contribution in [2.24, 2.45) is 0 Å². The molecule has 20 heavy (non-hydrogen) atoms. The van der Waals surface area contributed by atoms with Crippen LogP contribution in [0.1, 0.15) is 29.6 Å². The van der Waals surface area contributed by atoms with E-state index in [2.05, 4.69) is 0 Å². The van der Waals surface area contributed by atoms with Crippen LogP contribution in [-0.2, 0) is 4.79 Å². The second-order valence-corrected chi connectivity index (χ2v) is 4.74. The lowest BCUT2D eigenvalue weighted by Gasteiger charge is -2.24. The normalized spacial score (nSPS) is 18.1. The molecule has 6 heteroatoms. The van der Waals surface area contributed by atoms with Crippen molar-refractivity contribution in [3.05, 3.63) is 29.6 Å². The third-order valence-corrected chi connectivity index (χ3v) is 3.44. The Morgan fingerprint density at radius 3 is 2.90 bits per heavy atom. The summed E-state index contributed by atoms with van der Waals surface area (Å²) in [4.78, 5) is 24.8. The van der Waals surface area contributed by atoms with Crippen molar-refractivity contribution in [2.75, 3.05) is 13.7 Å². The van der Waals surface area contributed by atoms with Gasteiger partial charge in [0.15, 0.2) is 0 Å². The molecule has 1 amide bonds. The number of halogens is 1. The molecule has 1 N–H and O–H groups in total. The second kappa shape index (κ2) is 5.90. The van der Waals surface area contributed by atoms with Crippen molar-refractivity contribution < 1.29 is 23.8 Å². The van der Waals surface area contributed by atoms with Gasteiger partial charge in [0.1, 0.15) is 11.6 Å². The molecule has 5 nitrogen and oxygen atoms in total. The first-order chi connectivity index (χ1) is 9.52. The molecule has 1 aliphatic rings. The second-order valence-electron chi connectivity index (χ2n) is 4.74. The summed E-state index contributed by atoms with van der Waals surface area (Å²) in [7, 11) is 1.41. The van der Waals surface area contributed by atoms with Crippen molar-refractivity contribution in [1.82, 2.24) is 4.90 Å². The predicted molar refractivity (Wildman–Crippen MR) is 69.3 cm³/mol. The molecule has 0 radical (unpaired) electrons. The summed E-state index contributed by atoms with van der Waals surface area (Å²) in [6, 6.07) is 3.39. The molecule has 1 aromatic carbocycles. The summed E-state index contributed by atoms with van der Waals surface area (Å²) >= 11 is 0. The third-order valence-electron chi connectivity index (χ3n) is 3.44. The van der Waals surface area contributed by atoms with E-state index in [1.165, 1.54) is 24.1 Å². The van der Waals surface area contributed by atoms with E-state index in [0.29, 0.717) is 13.0 Å². The molecule has 0 unspecified atom stereocenters. The Bertz CT molecular complexity index is 532. The molecule has 1 atom stereocenters. The van der Waals surface area contributed by atoms with Crippen LogP contribution in [0.15, 0.2) is 18.2 Å². The number of aliphatic carboxylic acids is 1. The van der Waals surface area contributed by atoms with Crippen LogP contribution < -0.4 is 4.74 Å². The van der Waals surface area contributed by atoms with Gasteiger partial charge in [-0.2, -0.15) is 0 Å². The number of benzene rings is 1. The van der Waals surface area contributed by atoms with E-state index in [9.17, 15) is 14.0 Å². The van der Waals surface area contributed by atoms with E-state index in [1.54, 1.807) is 0 Å². The number of carboxylic acids is 1. The standard InChI is InChI=1S/C14H16FNO4/c1-20-12-5-4-9(15)7-11(12)14(19)16-6-2-3-10(16)8-13(17)18/h4-5,7,10H,2-3,6,8H2,1H3,(H,17,18)/t10-/m0/s1. The average molecular weight is 281 g/mol. The lowest BCUT2D eigenvalue weighted by Crippen LogP contribution is -2.37. The van der Waals surface area contributed by atoms with Crippen LogP contribution in [0.3, 0.4) is 0 Å². The number of likely N-dealkylation sites (tertiary alicyclic amines) is 1. The monoisotopic (exact) mass is 281 g/mol. The maximum atomic E-state index is 13.3. The molecule has 108 valence electrons. The minimum atomic E-state index is -0.944. The number of carbonyl (C=O) groups excluding carboxylic acids is 1. The largest absolute Gasteiger partial charge is 0.496 e. The summed E-state index contributed by atoms with van der Waals surface area (Å²) in [5, 5.41) is 8.87. The molecule has 1 heterocycles. The van der Waals surface area contributed by atoms with Crippen molar-refractivity contribution in [3.8, 4) is 5.75 Å². The molecule has 0 bridgehead atoms. The summed E-state index contributed by atoms with van der Waals surface area (Å²) in [5.74, 6) is -1.56. The fraction of sp³-hybridized carbons (Fsp3) is 0.429. The molecule has 0 aromatic heterocycles. The SMILES string of the molecule is COc1ccc(F)cc1C(=O)N1CCC[C@H]1CC(=O)O. The van der Waals surface area contributed by atoms with Gasteiger partial charge in [0.2, 0.25) is 0 Å². The van der Waals surface area contributed by atoms with Crippen molar-refractivity contribution >= 4 is 11.9 Å². The first-order valence-corrected chi connectivity index (χ1v) is 6.39. The zero-order valence-corrected chi connectivity index (χ0v) is 11.1. The number of nitrogens with zero attached hydrogens (tertiary/aromatic N) is 1. The van der Waals surface area contributed by atoms with Gasteiger partial charge < -0.3 is 14.7 Å². The Morgan fingerprint density at radius 2 is 2.25 bits per heavy atom. The van der Waals surface area contributed by atoms with E-state index < -0.39 is 11.8 Å². The summed E-state index contributed by atoms with van der Waals surface area (Å²) in [5.41, 5.74) is 0.129. The van der Waals surface area contributed by atoms with Gasteiger partial charge in [-0.15, -0.1) is 0 Å². The van der Waals surface area contributed by atoms with Crippen LogP contribution in [0.4, 0.5) is 4.39 Å². The highest BCUT2D eigenvalue weighted by Gasteiger charge is 2.32. The smallest absolute Gasteiger partial charge is 0.305 e. The zero-order chi connectivity index (χ0) is 14.7. The number of rotatable bonds is 4. The highest BCUT2D eigenvalue weighted by Crippen LogP contribution is 2.27. The lowest BCUT2D eigenvalue weighted by molar-refractivity contribution is -0.137. The summed E-state index contributed by atoms with van der Waals surface area (Å²) < 4.78 is 18.4. The van der Waals surface area contributed by atoms with Crippen molar-refractivity contribution in [2.45, 2.75) is 25.3 Å². The van der Waals surface area contributed by atoms with E-state index >= 15 is 0 Å². The molecular weight excluding hydrogens is 265 g/mol. The number of carboxylic acid groups (broad SMARTS) is 1. The maximum absolute atomic E-state index is 13.3. The Balaban J connectivity index is 2.26. The number of methoxy groups -OCH3 is 1. The minimum Gasteiger partial charge on any atom is -0.496 e. The van der Waals surface area contributed by atoms with E-state index in [4.69, 9.17) is 9.84 Å². The minimum absolute atomic E-state index is 0.0939. The van der Waals surface area contributed by atoms with Gasteiger partial charge >= 0.3 is 5.97 Å². The Kier molecular flexibility index (Phi) is 4.22. The zero-order valence-electron chi connectivity index (χ0n) is 11.1. The van der Waals surface area contributed by atoms with E-state index in [-0.39, 0.29) is 29.7 Å². The summed E-state index contributed by atoms with van der Waals surface area (Å²) in [6.45, 7) is 0.483. The molecule has 0 saturated carbocycles. The van der Waals surface area contributed by atoms with Crippen LogP contribution in [0, 0.1) is 5.82 Å². The fourth-order valence-electron chi connectivity index (χ4n) is 2.52. The first kappa shape index (κ1) is 14.3. The molecule has 1 fully saturated rings. The molecule has 0 spiro atoms. The third kappa shape index (κ3) is 2.89. The quantitative estimate of drug-likeness (QED) is 0.915. The molecule has 1 saturated heterocycles. The lowest BCUT2D eigenvalue weighted by atomic mass is 10.1. The molecule has 1 aromatic rings. The Hall–Kier alpha value is -2.11. The van der Waals surface area contributed by atoms with Crippen LogP contribution in [0.2, 0.25) is 0 Å². The van der Waals surface area contributed by atoms with Gasteiger partial charge in [-0.05, 0) is 31.0 Å². The topological polar surface area (TPSA) is 66.8 Å². The maximum Gasteiger partial charge on any atom is 0.305 e. The fourth-order valence-corrected chi connectivity index (χ4v) is 2.52. The molecule has 0 aliphatic carbocycles. The number of ether oxygens (including phenoxy) is 1. The number of amides is 1. The Morgan fingerprint density at radius 1 is 1.50 bits per heavy atom. The van der Waals surface area contributed by atoms with E-state index in [0.717, 1.165) is 12.5 Å². The van der Waals surface area contributed by atoms with Crippen LogP contribution in [-0.4, -0.2) is 41.6 Å². The number of hydrogen-bond donors (Lipinski definition) is 1. The van der Waals surface area contributed by atoms with Crippen LogP contribution in [0.25, 0.3) is 0 Å². The van der Waals surface area contributed by atoms with Gasteiger partial charge in [-0.3, -0.25) is 9.59 Å². The average Bonchev–Trinajstić information content (AvgIpc) is 2.85. The van der Waals surface area contributed by atoms with Gasteiger partial charge in [-0.1, -0.05) is 0 Å². The van der Waals surface area contributed by atoms with Crippen LogP contribution >= 0.6 is 0 Å². The number of carbonyl (C=O) groups is 2. The van der Waals surface area contributed by atoms with Gasteiger partial charge in [-0.25, -0.2) is 4.39 Å². The van der Waals surface area contributed by atoms with Crippen molar-refractivity contribution in [1.29, 1.82) is 0 Å². The highest BCUT2D eigenvalue weighted by molar-refractivity contribution is 5.97. The van der Waals surface area contributed by atoms with Gasteiger partial charge in [0.25, 0.3) is 5.91 Å². The first-order valence-electron chi connectivity index (χ1n) is 6.39. The predicted octanol–water partition coefficient (Wildman–Crippen LogP) is 1.91. The molecular formula is C14H16FNO4. The number of hydrogen-bond acceptors (Lipinski definition) is 3. The van der Waals surface area contributed by atoms with Gasteiger partial charge in [0.05, 0.1) is 19.1 Å². The molecule has 2 rings (SSSR count). The van der Waals surface area contributed by atoms with Crippen molar-refractivity contribution in [3.63, 3.8) is 0 Å². The molecule has 1 aliphatic heterocycles. The van der Waals surface area contributed by atoms with E-state index in [1.807, 2.05) is 0 Å². The van der Waals surface area contributed by atoms with Gasteiger partial charge in [0, 0.05) is 12.6 Å². The van der Waals surface area contributed by atoms with Crippen LogP contribution in [0.5, 0.6) is 5.75 Å². The summed E-state index contributed by atoms with van der Waals surface area (Å²) in [6.07, 6.45) is 1.31. The Labute approximate surface area is 116 Å².